The second-order valence-electron chi connectivity index (χ2n) is 9.46. The average Bonchev–Trinajstić information content (AvgIpc) is 3.40. The summed E-state index contributed by atoms with van der Waals surface area (Å²) in [6.07, 6.45) is 0.348. The molecule has 9 nitrogen and oxygen atoms in total. The van der Waals surface area contributed by atoms with Gasteiger partial charge in [0.2, 0.25) is 5.88 Å². The number of amides is 1. The van der Waals surface area contributed by atoms with Gasteiger partial charge < -0.3 is 14.6 Å². The number of carboxylic acids is 1. The van der Waals surface area contributed by atoms with Crippen LogP contribution in [0.15, 0.2) is 42.6 Å². The Kier molecular flexibility index (Phi) is 5.95. The maximum absolute atomic E-state index is 13.9. The highest BCUT2D eigenvalue weighted by Gasteiger charge is 2.43. The maximum Gasteiger partial charge on any atom is 0.411 e. The molecule has 2 atom stereocenters. The monoisotopic (exact) mass is 510 g/mol. The molecule has 4 heterocycles. The van der Waals surface area contributed by atoms with E-state index in [4.69, 9.17) is 9.47 Å². The van der Waals surface area contributed by atoms with Crippen molar-refractivity contribution in [2.45, 2.75) is 44.9 Å². The topological polar surface area (TPSA) is 115 Å². The van der Waals surface area contributed by atoms with Crippen molar-refractivity contribution in [1.82, 2.24) is 19.9 Å². The molecule has 0 radical (unpaired) electrons. The van der Waals surface area contributed by atoms with Crippen molar-refractivity contribution >= 4 is 43.8 Å². The van der Waals surface area contributed by atoms with Crippen molar-refractivity contribution in [3.8, 4) is 17.3 Å². The molecule has 1 fully saturated rings. The number of benzene rings is 1. The van der Waals surface area contributed by atoms with Gasteiger partial charge in [0.05, 0.1) is 12.1 Å². The lowest BCUT2D eigenvalue weighted by Gasteiger charge is -2.26. The predicted octanol–water partition coefficient (Wildman–Crippen LogP) is 4.89. The molecule has 4 aromatic rings. The molecule has 36 heavy (non-hydrogen) atoms. The van der Waals surface area contributed by atoms with Gasteiger partial charge >= 0.3 is 12.1 Å². The first-order valence-electron chi connectivity index (χ1n) is 11.3. The average molecular weight is 511 g/mol. The van der Waals surface area contributed by atoms with Crippen LogP contribution in [0.4, 0.5) is 9.18 Å². The number of ether oxygens (including phenoxy) is 2. The first-order chi connectivity index (χ1) is 17.1. The van der Waals surface area contributed by atoms with Crippen molar-refractivity contribution < 1.29 is 28.6 Å². The van der Waals surface area contributed by atoms with Gasteiger partial charge in [-0.3, -0.25) is 4.90 Å². The third-order valence-corrected chi connectivity index (χ3v) is 6.69. The predicted molar refractivity (Wildman–Crippen MR) is 132 cm³/mol. The highest BCUT2D eigenvalue weighted by atomic mass is 32.1. The van der Waals surface area contributed by atoms with E-state index in [1.54, 1.807) is 45.2 Å². The molecule has 0 bridgehead atoms. The minimum absolute atomic E-state index is 0.00974. The van der Waals surface area contributed by atoms with Crippen molar-refractivity contribution in [3.05, 3.63) is 48.4 Å². The van der Waals surface area contributed by atoms with Gasteiger partial charge in [-0.1, -0.05) is 12.1 Å². The molecule has 186 valence electrons. The molecule has 1 N–H and O–H groups in total. The Morgan fingerprint density at radius 3 is 2.72 bits per heavy atom. The number of carboxylic acid groups (broad SMARTS) is 1. The summed E-state index contributed by atoms with van der Waals surface area (Å²) in [6, 6.07) is 8.51. The number of aromatic nitrogens is 3. The highest BCUT2D eigenvalue weighted by Crippen LogP contribution is 2.39. The second kappa shape index (κ2) is 8.98. The van der Waals surface area contributed by atoms with Crippen LogP contribution in [-0.2, 0) is 9.53 Å². The molecule has 1 aliphatic rings. The zero-order valence-corrected chi connectivity index (χ0v) is 20.6. The molecule has 0 saturated carbocycles. The number of thiophene rings is 1. The number of fused-ring (bicyclic) bond motifs is 3. The van der Waals surface area contributed by atoms with Crippen LogP contribution in [0.2, 0.25) is 0 Å². The van der Waals surface area contributed by atoms with Crippen molar-refractivity contribution in [2.24, 2.45) is 0 Å². The Labute approximate surface area is 209 Å². The summed E-state index contributed by atoms with van der Waals surface area (Å²) >= 11 is 1.34. The molecule has 1 amide bonds. The van der Waals surface area contributed by atoms with Gasteiger partial charge in [-0.2, -0.15) is 4.98 Å². The zero-order chi connectivity index (χ0) is 25.6. The Balaban J connectivity index is 1.54. The van der Waals surface area contributed by atoms with E-state index >= 15 is 0 Å². The van der Waals surface area contributed by atoms with Crippen LogP contribution in [0, 0.1) is 5.82 Å². The molecular formula is C25H23FN4O5S. The number of carbonyl (C=O) groups excluding carboxylic acids is 1. The van der Waals surface area contributed by atoms with Gasteiger partial charge in [-0.05, 0) is 45.0 Å². The van der Waals surface area contributed by atoms with E-state index in [9.17, 15) is 19.1 Å². The SMILES string of the molecule is CC(C)(C)OC(=O)N1C[C@H](Oc2nc(-c3cccc(F)c3)nc3c2sc2ncccc23)C[C@H]1C(=O)O. The van der Waals surface area contributed by atoms with Crippen LogP contribution < -0.4 is 4.74 Å². The standard InChI is InChI=1S/C25H23FN4O5S/c1-25(2,3)35-24(33)30-12-15(11-17(30)23(31)32)34-21-19-18(16-8-5-9-27-22(16)36-19)28-20(29-21)13-6-4-7-14(26)10-13/h4-10,15,17H,11-12H2,1-3H3,(H,31,32)/t15-,17+/m1/s1. The number of halogens is 1. The van der Waals surface area contributed by atoms with E-state index in [0.717, 1.165) is 15.1 Å². The fraction of sp³-hybridized carbons (Fsp3) is 0.320. The number of carbonyl (C=O) groups is 2. The van der Waals surface area contributed by atoms with Gasteiger partial charge in [-0.15, -0.1) is 11.3 Å². The molecule has 1 saturated heterocycles. The van der Waals surface area contributed by atoms with E-state index in [0.29, 0.717) is 15.8 Å². The molecule has 1 aliphatic heterocycles. The fourth-order valence-electron chi connectivity index (χ4n) is 4.09. The summed E-state index contributed by atoms with van der Waals surface area (Å²) in [6.45, 7) is 5.15. The Morgan fingerprint density at radius 2 is 2.00 bits per heavy atom. The number of nitrogens with zero attached hydrogens (tertiary/aromatic N) is 4. The highest BCUT2D eigenvalue weighted by molar-refractivity contribution is 7.25. The molecule has 11 heteroatoms. The summed E-state index contributed by atoms with van der Waals surface area (Å²) < 4.78 is 26.2. The van der Waals surface area contributed by atoms with Gasteiger partial charge in [0, 0.05) is 23.6 Å². The lowest BCUT2D eigenvalue weighted by molar-refractivity contribution is -0.142. The van der Waals surface area contributed by atoms with E-state index < -0.39 is 35.6 Å². The van der Waals surface area contributed by atoms with Crippen LogP contribution >= 0.6 is 11.3 Å². The van der Waals surface area contributed by atoms with Crippen molar-refractivity contribution in [3.63, 3.8) is 0 Å². The second-order valence-corrected chi connectivity index (χ2v) is 10.5. The first-order valence-corrected chi connectivity index (χ1v) is 12.1. The first kappa shape index (κ1) is 23.9. The third-order valence-electron chi connectivity index (χ3n) is 5.60. The Morgan fingerprint density at radius 1 is 1.19 bits per heavy atom. The van der Waals surface area contributed by atoms with Gasteiger partial charge in [0.15, 0.2) is 5.82 Å². The lowest BCUT2D eigenvalue weighted by atomic mass is 10.2. The molecule has 0 spiro atoms. The number of pyridine rings is 1. The normalized spacial score (nSPS) is 18.1. The summed E-state index contributed by atoms with van der Waals surface area (Å²) in [5.41, 5.74) is 0.293. The Hall–Kier alpha value is -3.86. The summed E-state index contributed by atoms with van der Waals surface area (Å²) in [4.78, 5) is 40.1. The molecule has 0 unspecified atom stereocenters. The van der Waals surface area contributed by atoms with Gasteiger partial charge in [0.1, 0.15) is 33.1 Å². The summed E-state index contributed by atoms with van der Waals surface area (Å²) in [5.74, 6) is -1.09. The lowest BCUT2D eigenvalue weighted by Crippen LogP contribution is -2.43. The van der Waals surface area contributed by atoms with Crippen molar-refractivity contribution in [2.75, 3.05) is 6.54 Å². The van der Waals surface area contributed by atoms with Crippen molar-refractivity contribution in [1.29, 1.82) is 0 Å². The number of hydrogen-bond acceptors (Lipinski definition) is 8. The molecular weight excluding hydrogens is 487 g/mol. The van der Waals surface area contributed by atoms with Gasteiger partial charge in [-0.25, -0.2) is 23.9 Å². The minimum atomic E-state index is -1.15. The Bertz CT molecular complexity index is 1480. The van der Waals surface area contributed by atoms with E-state index in [-0.39, 0.29) is 24.7 Å². The maximum atomic E-state index is 13.9. The quantitative estimate of drug-likeness (QED) is 0.413. The zero-order valence-electron chi connectivity index (χ0n) is 19.8. The van der Waals surface area contributed by atoms with Crippen LogP contribution in [0.5, 0.6) is 5.88 Å². The van der Waals surface area contributed by atoms with Crippen LogP contribution in [0.25, 0.3) is 31.8 Å². The molecule has 0 aliphatic carbocycles. The van der Waals surface area contributed by atoms with Crippen LogP contribution in [-0.4, -0.2) is 61.3 Å². The fourth-order valence-corrected chi connectivity index (χ4v) is 5.10. The summed E-state index contributed by atoms with van der Waals surface area (Å²) in [5, 5.41) is 10.5. The molecule has 5 rings (SSSR count). The minimum Gasteiger partial charge on any atom is -0.480 e. The number of aliphatic carboxylic acids is 1. The van der Waals surface area contributed by atoms with E-state index in [2.05, 4.69) is 15.0 Å². The number of rotatable bonds is 4. The van der Waals surface area contributed by atoms with Crippen LogP contribution in [0.3, 0.4) is 0 Å². The third kappa shape index (κ3) is 4.66. The van der Waals surface area contributed by atoms with Crippen LogP contribution in [0.1, 0.15) is 27.2 Å². The van der Waals surface area contributed by atoms with Gasteiger partial charge in [0.25, 0.3) is 0 Å². The largest absolute Gasteiger partial charge is 0.480 e. The number of likely N-dealkylation sites (tertiary alicyclic amines) is 1. The number of hydrogen-bond donors (Lipinski definition) is 1. The molecule has 3 aromatic heterocycles. The van der Waals surface area contributed by atoms with E-state index in [1.807, 2.05) is 6.07 Å². The summed E-state index contributed by atoms with van der Waals surface area (Å²) in [7, 11) is 0. The molecule has 1 aromatic carbocycles. The van der Waals surface area contributed by atoms with E-state index in [1.165, 1.54) is 23.5 Å². The smallest absolute Gasteiger partial charge is 0.411 e.